The van der Waals surface area contributed by atoms with Crippen molar-refractivity contribution in [3.63, 3.8) is 0 Å². The molecule has 0 spiro atoms. The number of nitrogens with one attached hydrogen (secondary N) is 3. The number of thiazole rings is 2. The maximum atomic E-state index is 13.6. The largest absolute Gasteiger partial charge is 0.465 e. The normalized spacial score (nSPS) is 18.6. The number of alkyl carbamates (subject to hydrolysis) is 1. The van der Waals surface area contributed by atoms with Gasteiger partial charge in [-0.1, -0.05) is 27.7 Å². The van der Waals surface area contributed by atoms with Crippen LogP contribution in [0.15, 0.2) is 24.8 Å². The number of hydrogen-bond donors (Lipinski definition) is 4. The molecular weight excluding hydrogens is 709 g/mol. The number of likely N-dealkylation sites (tertiary alicyclic amines) is 2. The van der Waals surface area contributed by atoms with Gasteiger partial charge in [0.2, 0.25) is 11.8 Å². The molecule has 0 unspecified atom stereocenters. The smallest absolute Gasteiger partial charge is 0.407 e. The molecule has 52 heavy (non-hydrogen) atoms. The van der Waals surface area contributed by atoms with Crippen LogP contribution in [-0.4, -0.2) is 113 Å². The second-order valence-corrected chi connectivity index (χ2v) is 15.8. The third kappa shape index (κ3) is 7.39. The van der Waals surface area contributed by atoms with Crippen LogP contribution < -0.4 is 5.32 Å². The zero-order valence-electron chi connectivity index (χ0n) is 30.0. The molecule has 278 valence electrons. The summed E-state index contributed by atoms with van der Waals surface area (Å²) in [6.07, 6.45) is 8.48. The zero-order chi connectivity index (χ0) is 37.3. The summed E-state index contributed by atoms with van der Waals surface area (Å²) in [5.41, 5.74) is 1.33. The van der Waals surface area contributed by atoms with Crippen molar-refractivity contribution in [3.05, 3.63) is 36.4 Å². The number of nitrogens with zero attached hydrogens (tertiary/aromatic N) is 7. The maximum absolute atomic E-state index is 13.6. The summed E-state index contributed by atoms with van der Waals surface area (Å²) in [5, 5.41) is 13.7. The first-order chi connectivity index (χ1) is 24.9. The Morgan fingerprint density at radius 2 is 1.37 bits per heavy atom. The van der Waals surface area contributed by atoms with Gasteiger partial charge >= 0.3 is 12.2 Å². The van der Waals surface area contributed by atoms with E-state index in [-0.39, 0.29) is 35.7 Å². The molecular formula is C34H44N10O6S2. The van der Waals surface area contributed by atoms with Gasteiger partial charge in [0, 0.05) is 44.9 Å². The fraction of sp³-hybridized carbons (Fsp3) is 0.529. The molecule has 2 fully saturated rings. The van der Waals surface area contributed by atoms with E-state index in [9.17, 15) is 24.3 Å². The predicted molar refractivity (Wildman–Crippen MR) is 194 cm³/mol. The van der Waals surface area contributed by atoms with E-state index in [1.54, 1.807) is 34.6 Å². The van der Waals surface area contributed by atoms with Gasteiger partial charge in [0.15, 0.2) is 0 Å². The number of hydrogen-bond acceptors (Lipinski definition) is 11. The SMILES string of the molecule is COC(=O)N[C@@H](C(=O)N1CCC[C@H]1c1nc(-c2ncc(-c3cnc(-c4c[nH]c([C@@H]5CCCN5C(=O)[C@@H](C(C)C)N(C)C(=O)O)n4)s3)s2)c[nH]1)C(C)C. The summed E-state index contributed by atoms with van der Waals surface area (Å²) in [7, 11) is 2.71. The summed E-state index contributed by atoms with van der Waals surface area (Å²) < 4.78 is 4.74. The number of H-pyrrole nitrogens is 2. The summed E-state index contributed by atoms with van der Waals surface area (Å²) in [4.78, 5) is 82.6. The number of carbonyl (C=O) groups is 4. The van der Waals surface area contributed by atoms with E-state index in [4.69, 9.17) is 14.7 Å². The second kappa shape index (κ2) is 15.4. The van der Waals surface area contributed by atoms with Crippen molar-refractivity contribution in [1.29, 1.82) is 0 Å². The Kier molecular flexibility index (Phi) is 10.9. The average molecular weight is 753 g/mol. The number of aromatic amines is 2. The molecule has 0 aromatic carbocycles. The number of carbonyl (C=O) groups excluding carboxylic acids is 3. The lowest BCUT2D eigenvalue weighted by Crippen LogP contribution is -2.51. The minimum Gasteiger partial charge on any atom is -0.465 e. The van der Waals surface area contributed by atoms with Crippen molar-refractivity contribution in [1.82, 2.24) is 49.9 Å². The van der Waals surface area contributed by atoms with Gasteiger partial charge < -0.3 is 34.9 Å². The van der Waals surface area contributed by atoms with Crippen LogP contribution in [0.5, 0.6) is 0 Å². The standard InChI is InChI=1S/C34H44N10O6S2/c1-17(2)25(41-33(47)50-6)31(45)43-11-7-9-21(43)27-35-13-19(39-27)29-37-15-23(51-29)24-16-38-30(52-24)20-14-36-28(40-20)22-10-8-12-44(22)32(46)26(18(3)4)42(5)34(48)49/h13-18,21-22,25-26H,7-12H2,1-6H3,(H,35,39)(H,36,40)(H,41,47)(H,48,49)/t21-,22-,25+,26+/m0/s1. The number of rotatable bonds is 11. The number of likely N-dealkylation sites (N-methyl/N-ethyl adjacent to an activating group) is 1. The number of aromatic nitrogens is 6. The summed E-state index contributed by atoms with van der Waals surface area (Å²) in [5.74, 6) is 0.621. The number of imidazole rings is 2. The Bertz CT molecular complexity index is 1920. The molecule has 0 saturated carbocycles. The van der Waals surface area contributed by atoms with Crippen molar-refractivity contribution in [2.45, 2.75) is 77.5 Å². The van der Waals surface area contributed by atoms with Gasteiger partial charge in [0.1, 0.15) is 45.1 Å². The fourth-order valence-electron chi connectivity index (χ4n) is 6.94. The van der Waals surface area contributed by atoms with E-state index in [0.717, 1.165) is 45.3 Å². The van der Waals surface area contributed by atoms with Gasteiger partial charge in [-0.15, -0.1) is 22.7 Å². The molecule has 4 atom stereocenters. The lowest BCUT2D eigenvalue weighted by Gasteiger charge is -2.33. The Morgan fingerprint density at radius 3 is 1.81 bits per heavy atom. The molecule has 2 aliphatic rings. The van der Waals surface area contributed by atoms with Gasteiger partial charge in [-0.25, -0.2) is 29.5 Å². The van der Waals surface area contributed by atoms with E-state index in [1.807, 2.05) is 27.7 Å². The van der Waals surface area contributed by atoms with E-state index >= 15 is 0 Å². The summed E-state index contributed by atoms with van der Waals surface area (Å²) in [6, 6.07) is -2.03. The average Bonchev–Trinajstić information content (AvgIpc) is 3.96. The quantitative estimate of drug-likeness (QED) is 0.154. The van der Waals surface area contributed by atoms with E-state index in [1.165, 1.54) is 36.8 Å². The Morgan fingerprint density at radius 1 is 0.865 bits per heavy atom. The molecule has 4 aromatic heterocycles. The summed E-state index contributed by atoms with van der Waals surface area (Å²) in [6.45, 7) is 8.57. The monoisotopic (exact) mass is 752 g/mol. The first kappa shape index (κ1) is 36.9. The van der Waals surface area contributed by atoms with E-state index in [2.05, 4.69) is 25.3 Å². The molecule has 6 rings (SSSR count). The van der Waals surface area contributed by atoms with Gasteiger partial charge in [-0.05, 0) is 37.5 Å². The Balaban J connectivity index is 1.14. The van der Waals surface area contributed by atoms with Crippen molar-refractivity contribution in [2.24, 2.45) is 11.8 Å². The van der Waals surface area contributed by atoms with Crippen molar-refractivity contribution < 1.29 is 29.0 Å². The highest BCUT2D eigenvalue weighted by atomic mass is 32.1. The third-order valence-electron chi connectivity index (χ3n) is 9.59. The molecule has 0 radical (unpaired) electrons. The second-order valence-electron chi connectivity index (χ2n) is 13.7. The van der Waals surface area contributed by atoms with Crippen LogP contribution in [0.2, 0.25) is 0 Å². The van der Waals surface area contributed by atoms with E-state index in [0.29, 0.717) is 41.1 Å². The first-order valence-electron chi connectivity index (χ1n) is 17.3. The van der Waals surface area contributed by atoms with Gasteiger partial charge in [0.05, 0.1) is 28.9 Å². The molecule has 0 aliphatic carbocycles. The maximum Gasteiger partial charge on any atom is 0.407 e. The molecule has 6 heterocycles. The number of ether oxygens (including phenoxy) is 1. The van der Waals surface area contributed by atoms with Crippen LogP contribution in [0.1, 0.15) is 77.1 Å². The molecule has 16 nitrogen and oxygen atoms in total. The number of amides is 4. The highest BCUT2D eigenvalue weighted by molar-refractivity contribution is 7.24. The minimum atomic E-state index is -1.14. The van der Waals surface area contributed by atoms with Crippen LogP contribution >= 0.6 is 22.7 Å². The molecule has 2 aliphatic heterocycles. The molecule has 4 amide bonds. The highest BCUT2D eigenvalue weighted by Gasteiger charge is 2.40. The van der Waals surface area contributed by atoms with Crippen LogP contribution in [-0.2, 0) is 14.3 Å². The van der Waals surface area contributed by atoms with Crippen LogP contribution in [0.3, 0.4) is 0 Å². The molecule has 4 aromatic rings. The third-order valence-corrected chi connectivity index (χ3v) is 11.8. The van der Waals surface area contributed by atoms with Gasteiger partial charge in [-0.2, -0.15) is 0 Å². The van der Waals surface area contributed by atoms with Gasteiger partial charge in [-0.3, -0.25) is 14.5 Å². The van der Waals surface area contributed by atoms with Crippen LogP contribution in [0.4, 0.5) is 9.59 Å². The lowest BCUT2D eigenvalue weighted by atomic mass is 10.0. The van der Waals surface area contributed by atoms with Crippen molar-refractivity contribution >= 4 is 46.7 Å². The van der Waals surface area contributed by atoms with Crippen molar-refractivity contribution in [3.8, 4) is 31.2 Å². The minimum absolute atomic E-state index is 0.124. The molecule has 0 bridgehead atoms. The molecule has 18 heteroatoms. The number of methoxy groups -OCH3 is 1. The highest BCUT2D eigenvalue weighted by Crippen LogP contribution is 2.39. The number of carboxylic acid groups (broad SMARTS) is 1. The molecule has 2 saturated heterocycles. The predicted octanol–water partition coefficient (Wildman–Crippen LogP) is 5.39. The Hall–Kier alpha value is -4.84. The van der Waals surface area contributed by atoms with E-state index < -0.39 is 24.3 Å². The van der Waals surface area contributed by atoms with Gasteiger partial charge in [0.25, 0.3) is 0 Å². The van der Waals surface area contributed by atoms with Crippen LogP contribution in [0, 0.1) is 11.8 Å². The van der Waals surface area contributed by atoms with Crippen molar-refractivity contribution in [2.75, 3.05) is 27.2 Å². The lowest BCUT2D eigenvalue weighted by molar-refractivity contribution is -0.138. The summed E-state index contributed by atoms with van der Waals surface area (Å²) >= 11 is 2.96. The fourth-order valence-corrected chi connectivity index (χ4v) is 8.75. The van der Waals surface area contributed by atoms with Crippen LogP contribution in [0.25, 0.3) is 31.2 Å². The first-order valence-corrected chi connectivity index (χ1v) is 19.0. The molecule has 4 N–H and O–H groups in total. The zero-order valence-corrected chi connectivity index (χ0v) is 31.6. The Labute approximate surface area is 309 Å². The topological polar surface area (TPSA) is 203 Å².